The molecule has 0 saturated heterocycles. The van der Waals surface area contributed by atoms with E-state index in [1.165, 1.54) is 20.3 Å². The van der Waals surface area contributed by atoms with Crippen molar-refractivity contribution in [2.45, 2.75) is 0 Å². The van der Waals surface area contributed by atoms with E-state index in [1.807, 2.05) is 30.3 Å². The number of hydrogen-bond donors (Lipinski definition) is 0. The third-order valence-electron chi connectivity index (χ3n) is 3.00. The van der Waals surface area contributed by atoms with Crippen LogP contribution in [0, 0.1) is 10.1 Å². The number of nitro groups is 1. The molecule has 0 atom stereocenters. The lowest BCUT2D eigenvalue weighted by atomic mass is 10.1. The SMILES string of the molecule is COC(=C(OC)c1ccccc1[N+](=O)[O-])c1ccccc1. The smallest absolute Gasteiger partial charge is 0.280 e. The highest BCUT2D eigenvalue weighted by Gasteiger charge is 2.21. The van der Waals surface area contributed by atoms with Crippen LogP contribution in [-0.4, -0.2) is 19.1 Å². The second-order valence-electron chi connectivity index (χ2n) is 4.21. The molecular weight excluding hydrogens is 270 g/mol. The van der Waals surface area contributed by atoms with Crippen LogP contribution in [0.3, 0.4) is 0 Å². The summed E-state index contributed by atoms with van der Waals surface area (Å²) >= 11 is 0. The van der Waals surface area contributed by atoms with Gasteiger partial charge >= 0.3 is 0 Å². The summed E-state index contributed by atoms with van der Waals surface area (Å²) < 4.78 is 10.8. The Labute approximate surface area is 122 Å². The van der Waals surface area contributed by atoms with Crippen LogP contribution < -0.4 is 0 Å². The predicted octanol–water partition coefficient (Wildman–Crippen LogP) is 3.71. The molecule has 0 amide bonds. The minimum Gasteiger partial charge on any atom is -0.492 e. The molecule has 0 heterocycles. The minimum atomic E-state index is -0.438. The lowest BCUT2D eigenvalue weighted by molar-refractivity contribution is -0.385. The fourth-order valence-electron chi connectivity index (χ4n) is 2.08. The Balaban J connectivity index is 2.67. The van der Waals surface area contributed by atoms with E-state index in [0.29, 0.717) is 17.1 Å². The Kier molecular flexibility index (Phi) is 4.56. The van der Waals surface area contributed by atoms with E-state index in [1.54, 1.807) is 18.2 Å². The number of rotatable bonds is 5. The molecule has 5 heteroatoms. The third-order valence-corrected chi connectivity index (χ3v) is 3.00. The van der Waals surface area contributed by atoms with E-state index in [2.05, 4.69) is 0 Å². The van der Waals surface area contributed by atoms with Crippen LogP contribution in [0.5, 0.6) is 0 Å². The summed E-state index contributed by atoms with van der Waals surface area (Å²) in [5, 5.41) is 11.2. The number of ether oxygens (including phenoxy) is 2. The van der Waals surface area contributed by atoms with Crippen molar-refractivity contribution in [1.82, 2.24) is 0 Å². The molecule has 0 aliphatic heterocycles. The van der Waals surface area contributed by atoms with Crippen molar-refractivity contribution in [3.63, 3.8) is 0 Å². The maximum absolute atomic E-state index is 11.2. The molecule has 2 aromatic carbocycles. The number of methoxy groups -OCH3 is 2. The van der Waals surface area contributed by atoms with E-state index in [0.717, 1.165) is 5.56 Å². The van der Waals surface area contributed by atoms with Crippen LogP contribution >= 0.6 is 0 Å². The van der Waals surface area contributed by atoms with Gasteiger partial charge in [-0.3, -0.25) is 10.1 Å². The van der Waals surface area contributed by atoms with Crippen molar-refractivity contribution in [3.05, 3.63) is 75.8 Å². The Morgan fingerprint density at radius 2 is 1.48 bits per heavy atom. The quantitative estimate of drug-likeness (QED) is 0.363. The molecule has 21 heavy (non-hydrogen) atoms. The van der Waals surface area contributed by atoms with Crippen LogP contribution in [-0.2, 0) is 9.47 Å². The fourth-order valence-corrected chi connectivity index (χ4v) is 2.08. The molecule has 0 N–H and O–H groups in total. The normalized spacial score (nSPS) is 11.5. The van der Waals surface area contributed by atoms with Crippen molar-refractivity contribution in [2.24, 2.45) is 0 Å². The van der Waals surface area contributed by atoms with Gasteiger partial charge in [0.25, 0.3) is 5.69 Å². The van der Waals surface area contributed by atoms with E-state index in [9.17, 15) is 10.1 Å². The number of nitro benzene ring substituents is 1. The molecule has 0 unspecified atom stereocenters. The summed E-state index contributed by atoms with van der Waals surface area (Å²) in [6, 6.07) is 15.7. The molecular formula is C16H15NO4. The van der Waals surface area contributed by atoms with Crippen LogP contribution in [0.25, 0.3) is 11.5 Å². The standard InChI is InChI=1S/C16H15NO4/c1-20-15(12-8-4-3-5-9-12)16(21-2)13-10-6-7-11-14(13)17(18)19/h3-11H,1-2H3. The van der Waals surface area contributed by atoms with Crippen molar-refractivity contribution in [1.29, 1.82) is 0 Å². The first-order valence-corrected chi connectivity index (χ1v) is 6.30. The van der Waals surface area contributed by atoms with Crippen LogP contribution in [0.2, 0.25) is 0 Å². The Hall–Kier alpha value is -2.82. The van der Waals surface area contributed by atoms with E-state index >= 15 is 0 Å². The molecule has 108 valence electrons. The zero-order chi connectivity index (χ0) is 15.2. The van der Waals surface area contributed by atoms with Gasteiger partial charge in [0.1, 0.15) is 0 Å². The van der Waals surface area contributed by atoms with Gasteiger partial charge in [0.2, 0.25) is 0 Å². The third kappa shape index (κ3) is 3.02. The second kappa shape index (κ2) is 6.56. The van der Waals surface area contributed by atoms with Gasteiger partial charge in [-0.15, -0.1) is 0 Å². The van der Waals surface area contributed by atoms with Crippen molar-refractivity contribution in [3.8, 4) is 0 Å². The molecule has 0 aliphatic rings. The topological polar surface area (TPSA) is 61.6 Å². The van der Waals surface area contributed by atoms with Crippen LogP contribution in [0.15, 0.2) is 54.6 Å². The zero-order valence-electron chi connectivity index (χ0n) is 11.8. The highest BCUT2D eigenvalue weighted by Crippen LogP contribution is 2.32. The molecule has 0 aliphatic carbocycles. The van der Waals surface area contributed by atoms with E-state index in [4.69, 9.17) is 9.47 Å². The van der Waals surface area contributed by atoms with Gasteiger partial charge in [-0.1, -0.05) is 42.5 Å². The van der Waals surface area contributed by atoms with Gasteiger partial charge in [-0.2, -0.15) is 0 Å². The van der Waals surface area contributed by atoms with Gasteiger partial charge in [-0.25, -0.2) is 0 Å². The highest BCUT2D eigenvalue weighted by molar-refractivity contribution is 5.86. The second-order valence-corrected chi connectivity index (χ2v) is 4.21. The zero-order valence-corrected chi connectivity index (χ0v) is 11.8. The Bertz CT molecular complexity index is 665. The summed E-state index contributed by atoms with van der Waals surface area (Å²) in [5.74, 6) is 0.781. The van der Waals surface area contributed by atoms with Gasteiger partial charge in [0, 0.05) is 11.6 Å². The Morgan fingerprint density at radius 1 is 0.905 bits per heavy atom. The molecule has 2 aromatic rings. The predicted molar refractivity (Wildman–Crippen MR) is 80.4 cm³/mol. The monoisotopic (exact) mass is 285 g/mol. The Morgan fingerprint density at radius 3 is 2.05 bits per heavy atom. The number of benzene rings is 2. The average Bonchev–Trinajstić information content (AvgIpc) is 2.53. The average molecular weight is 285 g/mol. The van der Waals surface area contributed by atoms with Crippen molar-refractivity contribution >= 4 is 17.2 Å². The lowest BCUT2D eigenvalue weighted by Crippen LogP contribution is -2.00. The van der Waals surface area contributed by atoms with E-state index in [-0.39, 0.29) is 5.69 Å². The number of para-hydroxylation sites is 1. The van der Waals surface area contributed by atoms with Gasteiger partial charge < -0.3 is 9.47 Å². The summed E-state index contributed by atoms with van der Waals surface area (Å²) in [6.07, 6.45) is 0. The molecule has 0 fully saturated rings. The molecule has 2 rings (SSSR count). The maximum Gasteiger partial charge on any atom is 0.280 e. The minimum absolute atomic E-state index is 0.0279. The summed E-state index contributed by atoms with van der Waals surface area (Å²) in [7, 11) is 2.98. The van der Waals surface area contributed by atoms with Gasteiger partial charge in [0.05, 0.1) is 24.7 Å². The molecule has 5 nitrogen and oxygen atoms in total. The van der Waals surface area contributed by atoms with E-state index < -0.39 is 4.92 Å². The maximum atomic E-state index is 11.2. The largest absolute Gasteiger partial charge is 0.492 e. The lowest BCUT2D eigenvalue weighted by Gasteiger charge is -2.13. The highest BCUT2D eigenvalue weighted by atomic mass is 16.6. The van der Waals surface area contributed by atoms with Crippen LogP contribution in [0.1, 0.15) is 11.1 Å². The molecule has 0 radical (unpaired) electrons. The summed E-state index contributed by atoms with van der Waals surface area (Å²) in [5.41, 5.74) is 1.14. The van der Waals surface area contributed by atoms with Crippen molar-refractivity contribution < 1.29 is 14.4 Å². The number of nitrogens with zero attached hydrogens (tertiary/aromatic N) is 1. The number of hydrogen-bond acceptors (Lipinski definition) is 4. The summed E-state index contributed by atoms with van der Waals surface area (Å²) in [6.45, 7) is 0. The first-order valence-electron chi connectivity index (χ1n) is 6.30. The molecule has 0 spiro atoms. The van der Waals surface area contributed by atoms with Crippen LogP contribution in [0.4, 0.5) is 5.69 Å². The fraction of sp³-hybridized carbons (Fsp3) is 0.125. The van der Waals surface area contributed by atoms with Crippen molar-refractivity contribution in [2.75, 3.05) is 14.2 Å². The molecule has 0 bridgehead atoms. The first kappa shape index (κ1) is 14.6. The molecule has 0 saturated carbocycles. The van der Waals surface area contributed by atoms with Gasteiger partial charge in [-0.05, 0) is 6.07 Å². The first-order chi connectivity index (χ1) is 10.2. The molecule has 0 aromatic heterocycles. The van der Waals surface area contributed by atoms with Gasteiger partial charge in [0.15, 0.2) is 11.5 Å². The summed E-state index contributed by atoms with van der Waals surface area (Å²) in [4.78, 5) is 10.7.